The molecule has 1 atom stereocenters. The average molecular weight is 525 g/mol. The maximum Gasteiger partial charge on any atom is 0.309 e. The Bertz CT molecular complexity index is 1200. The molecule has 2 aromatic heterocycles. The van der Waals surface area contributed by atoms with Gasteiger partial charge in [0.1, 0.15) is 5.75 Å². The fourth-order valence-corrected chi connectivity index (χ4v) is 5.93. The van der Waals surface area contributed by atoms with Crippen LogP contribution >= 0.6 is 11.8 Å². The number of rotatable bonds is 11. The molecule has 1 unspecified atom stereocenters. The van der Waals surface area contributed by atoms with Crippen LogP contribution < -0.4 is 9.64 Å². The summed E-state index contributed by atoms with van der Waals surface area (Å²) in [6.07, 6.45) is 4.68. The van der Waals surface area contributed by atoms with Crippen molar-refractivity contribution in [1.29, 1.82) is 0 Å². The summed E-state index contributed by atoms with van der Waals surface area (Å²) in [6, 6.07) is 11.5. The van der Waals surface area contributed by atoms with E-state index >= 15 is 0 Å². The summed E-state index contributed by atoms with van der Waals surface area (Å²) in [6.45, 7) is 2.38. The molecule has 198 valence electrons. The molecule has 0 spiro atoms. The van der Waals surface area contributed by atoms with E-state index in [1.807, 2.05) is 55.4 Å². The highest BCUT2D eigenvalue weighted by atomic mass is 32.2. The fourth-order valence-electron chi connectivity index (χ4n) is 5.06. The number of aliphatic carboxylic acids is 1. The van der Waals surface area contributed by atoms with E-state index in [-0.39, 0.29) is 0 Å². The first-order chi connectivity index (χ1) is 17.8. The zero-order valence-electron chi connectivity index (χ0n) is 21.8. The van der Waals surface area contributed by atoms with Crippen LogP contribution in [0.2, 0.25) is 0 Å². The van der Waals surface area contributed by atoms with Crippen LogP contribution in [0.25, 0.3) is 10.9 Å². The number of anilines is 1. The van der Waals surface area contributed by atoms with Crippen molar-refractivity contribution in [2.75, 3.05) is 51.5 Å². The number of aliphatic hydroxyl groups excluding tert-OH is 1. The Morgan fingerprint density at radius 3 is 2.65 bits per heavy atom. The molecule has 3 heterocycles. The average Bonchev–Trinajstić information content (AvgIpc) is 2.91. The minimum atomic E-state index is -0.829. The predicted octanol–water partition coefficient (Wildman–Crippen LogP) is 4.48. The summed E-state index contributed by atoms with van der Waals surface area (Å²) in [5.41, 5.74) is 1.52. The van der Waals surface area contributed by atoms with Gasteiger partial charge < -0.3 is 24.7 Å². The quantitative estimate of drug-likeness (QED) is 0.352. The third-order valence-electron chi connectivity index (χ3n) is 7.37. The molecule has 1 fully saturated rings. The number of carboxylic acids is 1. The first-order valence-electron chi connectivity index (χ1n) is 12.6. The molecule has 0 aliphatic carbocycles. The Hall–Kier alpha value is -2.88. The largest absolute Gasteiger partial charge is 0.497 e. The molecule has 2 N–H and O–H groups in total. The number of aliphatic hydroxyl groups is 1. The molecule has 0 amide bonds. The van der Waals surface area contributed by atoms with Gasteiger partial charge in [-0.3, -0.25) is 9.78 Å². The SMILES string of the molecule is COc1ccc2ncc(N(C)C)c(C(O)CCC3(C(=O)O)CCN(CCSc4ccccn4)CC3)c2c1. The van der Waals surface area contributed by atoms with Gasteiger partial charge in [-0.2, -0.15) is 0 Å². The minimum absolute atomic E-state index is 0.360. The van der Waals surface area contributed by atoms with Gasteiger partial charge in [-0.25, -0.2) is 4.98 Å². The van der Waals surface area contributed by atoms with Gasteiger partial charge in [0.05, 0.1) is 41.1 Å². The van der Waals surface area contributed by atoms with Gasteiger partial charge in [-0.15, -0.1) is 11.8 Å². The van der Waals surface area contributed by atoms with E-state index < -0.39 is 17.5 Å². The number of piperidine rings is 1. The lowest BCUT2D eigenvalue weighted by Gasteiger charge is -2.39. The number of aromatic nitrogens is 2. The number of ether oxygens (including phenoxy) is 1. The number of fused-ring (bicyclic) bond motifs is 1. The molecule has 4 rings (SSSR count). The molecule has 0 bridgehead atoms. The van der Waals surface area contributed by atoms with Gasteiger partial charge in [-0.05, 0) is 69.1 Å². The van der Waals surface area contributed by atoms with Crippen molar-refractivity contribution in [3.8, 4) is 5.75 Å². The molecule has 1 aliphatic heterocycles. The van der Waals surface area contributed by atoms with Crippen molar-refractivity contribution in [3.05, 3.63) is 54.4 Å². The maximum absolute atomic E-state index is 12.5. The molecular formula is C28H36N4O4S. The number of hydrogen-bond donors (Lipinski definition) is 2. The van der Waals surface area contributed by atoms with Crippen molar-refractivity contribution in [2.24, 2.45) is 5.41 Å². The Morgan fingerprint density at radius 2 is 2.00 bits per heavy atom. The van der Waals surface area contributed by atoms with Gasteiger partial charge in [-0.1, -0.05) is 6.07 Å². The van der Waals surface area contributed by atoms with Crippen LogP contribution in [0.3, 0.4) is 0 Å². The number of methoxy groups -OCH3 is 1. The van der Waals surface area contributed by atoms with Crippen LogP contribution in [-0.4, -0.2) is 77.6 Å². The van der Waals surface area contributed by atoms with Gasteiger partial charge >= 0.3 is 5.97 Å². The second kappa shape index (κ2) is 12.1. The Labute approximate surface area is 222 Å². The number of carboxylic acid groups (broad SMARTS) is 1. The van der Waals surface area contributed by atoms with E-state index in [0.29, 0.717) is 31.4 Å². The van der Waals surface area contributed by atoms with Crippen molar-refractivity contribution in [2.45, 2.75) is 36.8 Å². The van der Waals surface area contributed by atoms with Gasteiger partial charge in [0.15, 0.2) is 0 Å². The minimum Gasteiger partial charge on any atom is -0.497 e. The zero-order chi connectivity index (χ0) is 26.4. The van der Waals surface area contributed by atoms with Crippen LogP contribution in [0.4, 0.5) is 5.69 Å². The fraction of sp³-hybridized carbons (Fsp3) is 0.464. The maximum atomic E-state index is 12.5. The van der Waals surface area contributed by atoms with E-state index in [1.54, 1.807) is 31.3 Å². The highest BCUT2D eigenvalue weighted by Crippen LogP contribution is 2.41. The Kier molecular flexibility index (Phi) is 8.89. The van der Waals surface area contributed by atoms with E-state index in [4.69, 9.17) is 4.74 Å². The van der Waals surface area contributed by atoms with Gasteiger partial charge in [0.2, 0.25) is 0 Å². The number of likely N-dealkylation sites (tertiary alicyclic amines) is 1. The third-order valence-corrected chi connectivity index (χ3v) is 8.29. The van der Waals surface area contributed by atoms with Crippen LogP contribution in [0, 0.1) is 5.41 Å². The summed E-state index contributed by atoms with van der Waals surface area (Å²) < 4.78 is 5.41. The highest BCUT2D eigenvalue weighted by Gasteiger charge is 2.41. The number of thioether (sulfide) groups is 1. The molecule has 0 radical (unpaired) electrons. The molecular weight excluding hydrogens is 488 g/mol. The molecule has 8 nitrogen and oxygen atoms in total. The first-order valence-corrected chi connectivity index (χ1v) is 13.6. The lowest BCUT2D eigenvalue weighted by Crippen LogP contribution is -2.45. The topological polar surface area (TPSA) is 99.0 Å². The van der Waals surface area contributed by atoms with Crippen LogP contribution in [0.15, 0.2) is 53.8 Å². The van der Waals surface area contributed by atoms with Crippen molar-refractivity contribution < 1.29 is 19.7 Å². The van der Waals surface area contributed by atoms with Gasteiger partial charge in [0.25, 0.3) is 0 Å². The summed E-state index contributed by atoms with van der Waals surface area (Å²) in [7, 11) is 5.44. The lowest BCUT2D eigenvalue weighted by molar-refractivity contribution is -0.153. The first kappa shape index (κ1) is 27.2. The number of nitrogens with zero attached hydrogens (tertiary/aromatic N) is 4. The smallest absolute Gasteiger partial charge is 0.309 e. The monoisotopic (exact) mass is 524 g/mol. The standard InChI is InChI=1S/C28H36N4O4S/c1-31(2)23-19-30-22-8-7-20(36-3)18-21(22)26(23)24(33)9-10-28(27(34)35)11-14-32(15-12-28)16-17-37-25-6-4-5-13-29-25/h4-8,13,18-19,24,33H,9-12,14-17H2,1-3H3,(H,34,35). The summed E-state index contributed by atoms with van der Waals surface area (Å²) in [4.78, 5) is 25.6. The molecule has 3 aromatic rings. The Morgan fingerprint density at radius 1 is 1.22 bits per heavy atom. The van der Waals surface area contributed by atoms with E-state index in [9.17, 15) is 15.0 Å². The van der Waals surface area contributed by atoms with Crippen molar-refractivity contribution >= 4 is 34.3 Å². The third kappa shape index (κ3) is 6.34. The summed E-state index contributed by atoms with van der Waals surface area (Å²) >= 11 is 1.72. The normalized spacial score (nSPS) is 16.4. The molecule has 1 saturated heterocycles. The number of pyridine rings is 2. The molecule has 9 heteroatoms. The number of carbonyl (C=O) groups is 1. The second-order valence-electron chi connectivity index (χ2n) is 9.83. The van der Waals surface area contributed by atoms with Crippen molar-refractivity contribution in [1.82, 2.24) is 14.9 Å². The number of hydrogen-bond acceptors (Lipinski definition) is 8. The molecule has 37 heavy (non-hydrogen) atoms. The van der Waals surface area contributed by atoms with E-state index in [1.165, 1.54) is 0 Å². The summed E-state index contributed by atoms with van der Waals surface area (Å²) in [5.74, 6) is 0.840. The number of benzene rings is 1. The highest BCUT2D eigenvalue weighted by molar-refractivity contribution is 7.99. The molecule has 1 aromatic carbocycles. The van der Waals surface area contributed by atoms with Crippen LogP contribution in [-0.2, 0) is 4.79 Å². The molecule has 1 aliphatic rings. The van der Waals surface area contributed by atoms with Crippen molar-refractivity contribution in [3.63, 3.8) is 0 Å². The lowest BCUT2D eigenvalue weighted by atomic mass is 9.74. The van der Waals surface area contributed by atoms with E-state index in [0.717, 1.165) is 52.6 Å². The van der Waals surface area contributed by atoms with Crippen LogP contribution in [0.1, 0.15) is 37.4 Å². The second-order valence-corrected chi connectivity index (χ2v) is 10.9. The van der Waals surface area contributed by atoms with Crippen LogP contribution in [0.5, 0.6) is 5.75 Å². The molecule has 0 saturated carbocycles. The Balaban J connectivity index is 1.43. The zero-order valence-corrected chi connectivity index (χ0v) is 22.6. The summed E-state index contributed by atoms with van der Waals surface area (Å²) in [5, 5.41) is 23.5. The van der Waals surface area contributed by atoms with Gasteiger partial charge in [0, 0.05) is 43.5 Å². The predicted molar refractivity (Wildman–Crippen MR) is 148 cm³/mol. The van der Waals surface area contributed by atoms with E-state index in [2.05, 4.69) is 14.9 Å².